The summed E-state index contributed by atoms with van der Waals surface area (Å²) in [5, 5.41) is 14.9. The van der Waals surface area contributed by atoms with E-state index in [4.69, 9.17) is 5.11 Å². The summed E-state index contributed by atoms with van der Waals surface area (Å²) in [5.74, 6) is -0.794. The molecule has 0 spiro atoms. The minimum atomic E-state index is -0.794. The van der Waals surface area contributed by atoms with Crippen LogP contribution in [-0.4, -0.2) is 77.8 Å². The topological polar surface area (TPSA) is 84.9 Å². The van der Waals surface area contributed by atoms with Gasteiger partial charge in [-0.3, -0.25) is 9.69 Å². The number of urea groups is 1. The third-order valence-electron chi connectivity index (χ3n) is 5.07. The summed E-state index contributed by atoms with van der Waals surface area (Å²) >= 11 is 0. The maximum Gasteiger partial charge on any atom is 0.317 e. The van der Waals surface area contributed by atoms with Crippen LogP contribution >= 0.6 is 0 Å². The molecule has 1 saturated carbocycles. The highest BCUT2D eigenvalue weighted by Gasteiger charge is 2.34. The summed E-state index contributed by atoms with van der Waals surface area (Å²) in [5.41, 5.74) is 0. The molecule has 138 valence electrons. The molecule has 7 heteroatoms. The van der Waals surface area contributed by atoms with Crippen LogP contribution in [0.2, 0.25) is 0 Å². The molecule has 3 N–H and O–H groups in total. The number of piperidine rings is 1. The summed E-state index contributed by atoms with van der Waals surface area (Å²) in [6.07, 6.45) is 5.49. The fourth-order valence-corrected chi connectivity index (χ4v) is 3.70. The predicted molar refractivity (Wildman–Crippen MR) is 93.1 cm³/mol. The second kappa shape index (κ2) is 9.22. The monoisotopic (exact) mass is 340 g/mol. The molecule has 1 saturated heterocycles. The molecule has 0 aromatic carbocycles. The molecule has 0 radical (unpaired) electrons. The molecule has 0 aromatic heterocycles. The second-order valence-corrected chi connectivity index (χ2v) is 7.16. The Morgan fingerprint density at radius 1 is 1.25 bits per heavy atom. The van der Waals surface area contributed by atoms with E-state index in [-0.39, 0.29) is 30.7 Å². The third-order valence-corrected chi connectivity index (χ3v) is 5.07. The number of likely N-dealkylation sites (N-methyl/N-ethyl adjacent to an activating group) is 1. The molecule has 2 rings (SSSR count). The molecule has 1 aliphatic carbocycles. The van der Waals surface area contributed by atoms with Crippen molar-refractivity contribution in [2.24, 2.45) is 0 Å². The maximum absolute atomic E-state index is 12.1. The third kappa shape index (κ3) is 5.94. The van der Waals surface area contributed by atoms with Crippen LogP contribution in [0.25, 0.3) is 0 Å². The number of carbonyl (C=O) groups excluding carboxylic acids is 1. The number of likely N-dealkylation sites (tertiary alicyclic amines) is 1. The van der Waals surface area contributed by atoms with Crippen molar-refractivity contribution in [2.45, 2.75) is 64.1 Å². The Balaban J connectivity index is 1.62. The summed E-state index contributed by atoms with van der Waals surface area (Å²) in [4.78, 5) is 27.3. The van der Waals surface area contributed by atoms with Gasteiger partial charge in [0, 0.05) is 24.7 Å². The van der Waals surface area contributed by atoms with Gasteiger partial charge in [0.15, 0.2) is 0 Å². The Bertz CT molecular complexity index is 420. The molecule has 2 aliphatic rings. The lowest BCUT2D eigenvalue weighted by Crippen LogP contribution is -2.57. The van der Waals surface area contributed by atoms with Gasteiger partial charge in [-0.2, -0.15) is 0 Å². The Hall–Kier alpha value is -1.34. The Morgan fingerprint density at radius 3 is 2.50 bits per heavy atom. The molecule has 0 aromatic rings. The minimum absolute atomic E-state index is 0.0763. The quantitative estimate of drug-likeness (QED) is 0.616. The summed E-state index contributed by atoms with van der Waals surface area (Å²) < 4.78 is 0. The van der Waals surface area contributed by atoms with E-state index in [0.717, 1.165) is 39.0 Å². The average molecular weight is 340 g/mol. The van der Waals surface area contributed by atoms with Crippen LogP contribution in [0.5, 0.6) is 0 Å². The maximum atomic E-state index is 12.1. The van der Waals surface area contributed by atoms with Crippen molar-refractivity contribution in [1.82, 2.24) is 20.4 Å². The summed E-state index contributed by atoms with van der Waals surface area (Å²) in [7, 11) is 0. The van der Waals surface area contributed by atoms with Gasteiger partial charge in [0.1, 0.15) is 0 Å². The highest BCUT2D eigenvalue weighted by Crippen LogP contribution is 2.25. The van der Waals surface area contributed by atoms with Gasteiger partial charge >= 0.3 is 12.0 Å². The van der Waals surface area contributed by atoms with E-state index in [9.17, 15) is 9.59 Å². The van der Waals surface area contributed by atoms with Gasteiger partial charge < -0.3 is 20.6 Å². The van der Waals surface area contributed by atoms with Gasteiger partial charge in [-0.1, -0.05) is 13.3 Å². The molecule has 1 aliphatic heterocycles. The van der Waals surface area contributed by atoms with Gasteiger partial charge in [0.25, 0.3) is 0 Å². The average Bonchev–Trinajstić information content (AvgIpc) is 2.49. The van der Waals surface area contributed by atoms with Crippen LogP contribution < -0.4 is 10.6 Å². The van der Waals surface area contributed by atoms with Crippen molar-refractivity contribution in [2.75, 3.05) is 32.7 Å². The SMILES string of the molecule is CCN(CC(=O)O)C1CC(NC(=O)NC(C)CN2CCCCC2)C1. The highest BCUT2D eigenvalue weighted by atomic mass is 16.4. The lowest BCUT2D eigenvalue weighted by atomic mass is 9.85. The Morgan fingerprint density at radius 2 is 1.92 bits per heavy atom. The number of carboxylic acid groups (broad SMARTS) is 1. The number of carboxylic acids is 1. The first-order valence-corrected chi connectivity index (χ1v) is 9.23. The first-order valence-electron chi connectivity index (χ1n) is 9.23. The van der Waals surface area contributed by atoms with Crippen molar-refractivity contribution in [3.05, 3.63) is 0 Å². The minimum Gasteiger partial charge on any atom is -0.480 e. The van der Waals surface area contributed by atoms with Crippen molar-refractivity contribution in [3.8, 4) is 0 Å². The van der Waals surface area contributed by atoms with Crippen molar-refractivity contribution < 1.29 is 14.7 Å². The number of nitrogens with one attached hydrogen (secondary N) is 2. The van der Waals surface area contributed by atoms with Crippen LogP contribution in [-0.2, 0) is 4.79 Å². The lowest BCUT2D eigenvalue weighted by Gasteiger charge is -2.42. The number of aliphatic carboxylic acids is 1. The first-order chi connectivity index (χ1) is 11.5. The van der Waals surface area contributed by atoms with Crippen LogP contribution in [0, 0.1) is 0 Å². The fraction of sp³-hybridized carbons (Fsp3) is 0.882. The van der Waals surface area contributed by atoms with Crippen LogP contribution in [0.15, 0.2) is 0 Å². The van der Waals surface area contributed by atoms with Crippen molar-refractivity contribution in [1.29, 1.82) is 0 Å². The lowest BCUT2D eigenvalue weighted by molar-refractivity contribution is -0.139. The zero-order chi connectivity index (χ0) is 17.5. The van der Waals surface area contributed by atoms with E-state index in [0.29, 0.717) is 0 Å². The Kier molecular flexibility index (Phi) is 7.30. The fourth-order valence-electron chi connectivity index (χ4n) is 3.70. The molecule has 1 unspecified atom stereocenters. The number of rotatable bonds is 8. The van der Waals surface area contributed by atoms with Gasteiger partial charge in [-0.25, -0.2) is 4.79 Å². The predicted octanol–water partition coefficient (Wildman–Crippen LogP) is 1.10. The number of carbonyl (C=O) groups is 2. The molecule has 2 amide bonds. The second-order valence-electron chi connectivity index (χ2n) is 7.16. The number of amides is 2. The molecule has 24 heavy (non-hydrogen) atoms. The van der Waals surface area contributed by atoms with Crippen LogP contribution in [0.3, 0.4) is 0 Å². The summed E-state index contributed by atoms with van der Waals surface area (Å²) in [6.45, 7) is 7.99. The highest BCUT2D eigenvalue weighted by molar-refractivity contribution is 5.74. The Labute approximate surface area is 144 Å². The van der Waals surface area contributed by atoms with Gasteiger partial charge in [-0.15, -0.1) is 0 Å². The van der Waals surface area contributed by atoms with Crippen LogP contribution in [0.4, 0.5) is 4.79 Å². The first kappa shape index (κ1) is 19.0. The number of hydrogen-bond donors (Lipinski definition) is 3. The van der Waals surface area contributed by atoms with Crippen molar-refractivity contribution >= 4 is 12.0 Å². The number of nitrogens with zero attached hydrogens (tertiary/aromatic N) is 2. The molecule has 7 nitrogen and oxygen atoms in total. The molecular formula is C17H32N4O3. The van der Waals surface area contributed by atoms with E-state index in [1.807, 2.05) is 18.7 Å². The normalized spacial score (nSPS) is 25.8. The molecular weight excluding hydrogens is 308 g/mol. The van der Waals surface area contributed by atoms with E-state index >= 15 is 0 Å². The van der Waals surface area contributed by atoms with E-state index in [1.165, 1.54) is 19.3 Å². The largest absolute Gasteiger partial charge is 0.480 e. The molecule has 1 atom stereocenters. The van der Waals surface area contributed by atoms with E-state index in [1.54, 1.807) is 0 Å². The zero-order valence-electron chi connectivity index (χ0n) is 15.0. The van der Waals surface area contributed by atoms with E-state index in [2.05, 4.69) is 15.5 Å². The number of hydrogen-bond acceptors (Lipinski definition) is 4. The standard InChI is InChI=1S/C17H32N4O3/c1-3-21(12-16(22)23)15-9-14(10-15)19-17(24)18-13(2)11-20-7-5-4-6-8-20/h13-15H,3-12H2,1-2H3,(H,22,23)(H2,18,19,24). The van der Waals surface area contributed by atoms with Gasteiger partial charge in [-0.05, 0) is 52.2 Å². The smallest absolute Gasteiger partial charge is 0.317 e. The van der Waals surface area contributed by atoms with Gasteiger partial charge in [0.2, 0.25) is 0 Å². The molecule has 2 fully saturated rings. The van der Waals surface area contributed by atoms with Gasteiger partial charge in [0.05, 0.1) is 6.54 Å². The molecule has 1 heterocycles. The van der Waals surface area contributed by atoms with Crippen molar-refractivity contribution in [3.63, 3.8) is 0 Å². The summed E-state index contributed by atoms with van der Waals surface area (Å²) in [6, 6.07) is 0.449. The van der Waals surface area contributed by atoms with Crippen LogP contribution in [0.1, 0.15) is 46.0 Å². The zero-order valence-corrected chi connectivity index (χ0v) is 15.0. The van der Waals surface area contributed by atoms with E-state index < -0.39 is 5.97 Å². The molecule has 0 bridgehead atoms.